The molecule has 1 aromatic carbocycles. The van der Waals surface area contributed by atoms with Crippen molar-refractivity contribution in [3.63, 3.8) is 0 Å². The standard InChI is InChI=1S/C18H21ClN2O2/c19-15-3-1-14(2-4-15)16(20)21-23-17(22)18-8-11-5-12(9-18)7-13(6-11)10-18/h1-4,11-13H,5-10H2,(H2,20,21). The van der Waals surface area contributed by atoms with E-state index in [0.717, 1.165) is 19.3 Å². The van der Waals surface area contributed by atoms with Crippen molar-refractivity contribution in [3.8, 4) is 0 Å². The van der Waals surface area contributed by atoms with Crippen LogP contribution in [0.3, 0.4) is 0 Å². The summed E-state index contributed by atoms with van der Waals surface area (Å²) >= 11 is 5.85. The highest BCUT2D eigenvalue weighted by Crippen LogP contribution is 2.60. The van der Waals surface area contributed by atoms with Crippen LogP contribution in [-0.4, -0.2) is 11.8 Å². The summed E-state index contributed by atoms with van der Waals surface area (Å²) in [6, 6.07) is 7.00. The molecule has 4 nitrogen and oxygen atoms in total. The molecule has 0 aliphatic heterocycles. The van der Waals surface area contributed by atoms with E-state index in [2.05, 4.69) is 5.16 Å². The van der Waals surface area contributed by atoms with Gasteiger partial charge < -0.3 is 10.6 Å². The quantitative estimate of drug-likeness (QED) is 0.397. The smallest absolute Gasteiger partial charge is 0.341 e. The molecule has 0 heterocycles. The average Bonchev–Trinajstić information content (AvgIpc) is 2.51. The van der Waals surface area contributed by atoms with Crippen molar-refractivity contribution in [1.29, 1.82) is 0 Å². The maximum Gasteiger partial charge on any atom is 0.341 e. The van der Waals surface area contributed by atoms with Crippen LogP contribution < -0.4 is 5.73 Å². The van der Waals surface area contributed by atoms with Gasteiger partial charge in [-0.15, -0.1) is 0 Å². The highest BCUT2D eigenvalue weighted by atomic mass is 35.5. The molecular weight excluding hydrogens is 312 g/mol. The van der Waals surface area contributed by atoms with Crippen LogP contribution in [0.4, 0.5) is 0 Å². The van der Waals surface area contributed by atoms with Gasteiger partial charge in [0, 0.05) is 10.6 Å². The lowest BCUT2D eigenvalue weighted by molar-refractivity contribution is -0.171. The molecule has 122 valence electrons. The minimum atomic E-state index is -0.307. The summed E-state index contributed by atoms with van der Waals surface area (Å²) in [4.78, 5) is 17.9. The van der Waals surface area contributed by atoms with Gasteiger partial charge in [0.2, 0.25) is 0 Å². The monoisotopic (exact) mass is 332 g/mol. The van der Waals surface area contributed by atoms with Crippen molar-refractivity contribution >= 4 is 23.4 Å². The number of hydrogen-bond donors (Lipinski definition) is 1. The Balaban J connectivity index is 1.47. The molecule has 0 aromatic heterocycles. The highest BCUT2D eigenvalue weighted by Gasteiger charge is 2.55. The molecule has 4 fully saturated rings. The Morgan fingerprint density at radius 2 is 1.61 bits per heavy atom. The summed E-state index contributed by atoms with van der Waals surface area (Å²) in [6.45, 7) is 0. The van der Waals surface area contributed by atoms with E-state index in [-0.39, 0.29) is 17.2 Å². The maximum absolute atomic E-state index is 12.7. The molecule has 4 saturated carbocycles. The molecule has 0 radical (unpaired) electrons. The maximum atomic E-state index is 12.7. The third-order valence-corrected chi connectivity index (χ3v) is 6.09. The normalized spacial score (nSPS) is 35.3. The van der Waals surface area contributed by atoms with E-state index < -0.39 is 0 Å². The number of carbonyl (C=O) groups is 1. The number of halogens is 1. The summed E-state index contributed by atoms with van der Waals surface area (Å²) in [5.74, 6) is 2.12. The molecule has 4 aliphatic rings. The topological polar surface area (TPSA) is 64.7 Å². The predicted octanol–water partition coefficient (Wildman–Crippen LogP) is 3.72. The zero-order chi connectivity index (χ0) is 16.0. The van der Waals surface area contributed by atoms with E-state index in [0.29, 0.717) is 28.3 Å². The Kier molecular flexibility index (Phi) is 3.60. The zero-order valence-corrected chi connectivity index (χ0v) is 13.8. The zero-order valence-electron chi connectivity index (χ0n) is 13.0. The minimum absolute atomic E-state index is 0.187. The molecule has 23 heavy (non-hydrogen) atoms. The van der Waals surface area contributed by atoms with Crippen molar-refractivity contribution in [3.05, 3.63) is 34.9 Å². The first-order chi connectivity index (χ1) is 11.0. The third-order valence-electron chi connectivity index (χ3n) is 5.84. The van der Waals surface area contributed by atoms with Gasteiger partial charge in [0.15, 0.2) is 5.84 Å². The molecule has 0 unspecified atom stereocenters. The number of hydrogen-bond acceptors (Lipinski definition) is 3. The molecule has 4 aliphatic carbocycles. The Labute approximate surface area is 141 Å². The Morgan fingerprint density at radius 1 is 1.09 bits per heavy atom. The third kappa shape index (κ3) is 2.74. The van der Waals surface area contributed by atoms with Gasteiger partial charge in [-0.2, -0.15) is 0 Å². The van der Waals surface area contributed by atoms with Gasteiger partial charge in [-0.3, -0.25) is 0 Å². The molecular formula is C18H21ClN2O2. The first-order valence-corrected chi connectivity index (χ1v) is 8.73. The van der Waals surface area contributed by atoms with Gasteiger partial charge in [0.05, 0.1) is 5.41 Å². The number of rotatable bonds is 3. The van der Waals surface area contributed by atoms with Crippen molar-refractivity contribution in [1.82, 2.24) is 0 Å². The highest BCUT2D eigenvalue weighted by molar-refractivity contribution is 6.30. The number of amidine groups is 1. The summed E-state index contributed by atoms with van der Waals surface area (Å²) in [7, 11) is 0. The molecule has 0 atom stereocenters. The van der Waals surface area contributed by atoms with Crippen LogP contribution in [0.2, 0.25) is 5.02 Å². The van der Waals surface area contributed by atoms with Gasteiger partial charge in [0.25, 0.3) is 0 Å². The molecule has 0 saturated heterocycles. The Morgan fingerprint density at radius 3 is 2.13 bits per heavy atom. The number of oxime groups is 1. The summed E-state index contributed by atoms with van der Waals surface area (Å²) in [5.41, 5.74) is 6.31. The Bertz CT molecular complexity index is 618. The average molecular weight is 333 g/mol. The Hall–Kier alpha value is -1.55. The van der Waals surface area contributed by atoms with E-state index in [1.165, 1.54) is 19.3 Å². The summed E-state index contributed by atoms with van der Waals surface area (Å²) in [6.07, 6.45) is 6.78. The molecule has 2 N–H and O–H groups in total. The first kappa shape index (κ1) is 15.0. The van der Waals surface area contributed by atoms with Crippen molar-refractivity contribution in [2.75, 3.05) is 0 Å². The van der Waals surface area contributed by atoms with E-state index in [1.54, 1.807) is 24.3 Å². The van der Waals surface area contributed by atoms with Gasteiger partial charge in [-0.1, -0.05) is 16.8 Å². The molecule has 1 aromatic rings. The summed E-state index contributed by atoms with van der Waals surface area (Å²) < 4.78 is 0. The van der Waals surface area contributed by atoms with Crippen LogP contribution in [0, 0.1) is 23.2 Å². The van der Waals surface area contributed by atoms with E-state index in [1.807, 2.05) is 0 Å². The number of nitrogens with two attached hydrogens (primary N) is 1. The van der Waals surface area contributed by atoms with E-state index in [9.17, 15) is 4.79 Å². The molecule has 4 bridgehead atoms. The molecule has 5 heteroatoms. The second-order valence-electron chi connectivity index (χ2n) is 7.56. The molecule has 5 rings (SSSR count). The van der Waals surface area contributed by atoms with Crippen LogP contribution in [0.5, 0.6) is 0 Å². The number of benzene rings is 1. The number of nitrogens with zero attached hydrogens (tertiary/aromatic N) is 1. The lowest BCUT2D eigenvalue weighted by Gasteiger charge is -2.54. The van der Waals surface area contributed by atoms with Crippen LogP contribution in [0.1, 0.15) is 44.1 Å². The lowest BCUT2D eigenvalue weighted by Crippen LogP contribution is -2.50. The fourth-order valence-electron chi connectivity index (χ4n) is 5.22. The van der Waals surface area contributed by atoms with E-state index >= 15 is 0 Å². The number of carbonyl (C=O) groups excluding carboxylic acids is 1. The second-order valence-corrected chi connectivity index (χ2v) is 8.00. The molecule has 0 spiro atoms. The van der Waals surface area contributed by atoms with Gasteiger partial charge in [0.1, 0.15) is 0 Å². The van der Waals surface area contributed by atoms with Gasteiger partial charge >= 0.3 is 5.97 Å². The predicted molar refractivity (Wildman–Crippen MR) is 88.9 cm³/mol. The van der Waals surface area contributed by atoms with Crippen molar-refractivity contribution in [2.24, 2.45) is 34.1 Å². The van der Waals surface area contributed by atoms with Crippen LogP contribution in [0.15, 0.2) is 29.4 Å². The first-order valence-electron chi connectivity index (χ1n) is 8.35. The molecule has 0 amide bonds. The minimum Gasteiger partial charge on any atom is -0.380 e. The summed E-state index contributed by atoms with van der Waals surface area (Å²) in [5, 5.41) is 4.51. The SMILES string of the molecule is NC(=NOC(=O)C12CC3CC(CC(C3)C1)C2)c1ccc(Cl)cc1. The van der Waals surface area contributed by atoms with Crippen molar-refractivity contribution < 1.29 is 9.63 Å². The van der Waals surface area contributed by atoms with Crippen LogP contribution in [-0.2, 0) is 9.63 Å². The van der Waals surface area contributed by atoms with Gasteiger partial charge in [-0.25, -0.2) is 4.79 Å². The van der Waals surface area contributed by atoms with Gasteiger partial charge in [-0.05, 0) is 80.5 Å². The van der Waals surface area contributed by atoms with Crippen molar-refractivity contribution in [2.45, 2.75) is 38.5 Å². The van der Waals surface area contributed by atoms with E-state index in [4.69, 9.17) is 22.2 Å². The second kappa shape index (κ2) is 5.52. The lowest BCUT2D eigenvalue weighted by atomic mass is 9.49. The van der Waals surface area contributed by atoms with Crippen LogP contribution in [0.25, 0.3) is 0 Å². The fraction of sp³-hybridized carbons (Fsp3) is 0.556. The largest absolute Gasteiger partial charge is 0.380 e. The fourth-order valence-corrected chi connectivity index (χ4v) is 5.35. The van der Waals surface area contributed by atoms with Crippen LogP contribution >= 0.6 is 11.6 Å².